The molecule has 1 aromatic carbocycles. The zero-order chi connectivity index (χ0) is 17.3. The van der Waals surface area contributed by atoms with Crippen LogP contribution in [0.1, 0.15) is 21.6 Å². The molecule has 0 aliphatic carbocycles. The Bertz CT molecular complexity index is 891. The van der Waals surface area contributed by atoms with Gasteiger partial charge in [0.25, 0.3) is 5.91 Å². The normalized spacial score (nSPS) is 13.1. The van der Waals surface area contributed by atoms with Crippen molar-refractivity contribution >= 4 is 11.9 Å². The highest BCUT2D eigenvalue weighted by atomic mass is 16.3. The SMILES string of the molecule is Cc1cc(-c2c(C#N)ccc(O)c2C(=O)NC2=NCCN2)n(C)n1. The third-order valence-corrected chi connectivity index (χ3v) is 3.70. The summed E-state index contributed by atoms with van der Waals surface area (Å²) in [6.45, 7) is 3.04. The monoisotopic (exact) mass is 324 g/mol. The lowest BCUT2D eigenvalue weighted by Gasteiger charge is -2.13. The van der Waals surface area contributed by atoms with Crippen LogP contribution in [0.25, 0.3) is 11.3 Å². The van der Waals surface area contributed by atoms with Crippen LogP contribution in [-0.2, 0) is 7.05 Å². The fraction of sp³-hybridized carbons (Fsp3) is 0.250. The number of nitrogens with zero attached hydrogens (tertiary/aromatic N) is 4. The molecule has 0 unspecified atom stereocenters. The van der Waals surface area contributed by atoms with Crippen LogP contribution in [0.4, 0.5) is 0 Å². The van der Waals surface area contributed by atoms with Gasteiger partial charge in [-0.15, -0.1) is 0 Å². The van der Waals surface area contributed by atoms with Crippen molar-refractivity contribution in [1.29, 1.82) is 5.26 Å². The van der Waals surface area contributed by atoms with Gasteiger partial charge in [-0.3, -0.25) is 19.8 Å². The largest absolute Gasteiger partial charge is 0.507 e. The number of phenolic OH excluding ortho intramolecular Hbond substituents is 1. The Labute approximate surface area is 138 Å². The van der Waals surface area contributed by atoms with Crippen LogP contribution in [-0.4, -0.2) is 39.8 Å². The van der Waals surface area contributed by atoms with Crippen molar-refractivity contribution in [2.75, 3.05) is 13.1 Å². The van der Waals surface area contributed by atoms with Gasteiger partial charge < -0.3 is 10.4 Å². The van der Waals surface area contributed by atoms with E-state index in [-0.39, 0.29) is 16.9 Å². The smallest absolute Gasteiger partial charge is 0.262 e. The summed E-state index contributed by atoms with van der Waals surface area (Å²) in [4.78, 5) is 16.8. The number of rotatable bonds is 2. The Morgan fingerprint density at radius 1 is 1.50 bits per heavy atom. The van der Waals surface area contributed by atoms with E-state index in [2.05, 4.69) is 26.8 Å². The molecule has 8 heteroatoms. The first kappa shape index (κ1) is 15.6. The molecule has 24 heavy (non-hydrogen) atoms. The summed E-state index contributed by atoms with van der Waals surface area (Å²) in [5, 5.41) is 29.5. The lowest BCUT2D eigenvalue weighted by atomic mass is 9.96. The van der Waals surface area contributed by atoms with Crippen molar-refractivity contribution in [2.24, 2.45) is 12.0 Å². The zero-order valence-electron chi connectivity index (χ0n) is 13.3. The van der Waals surface area contributed by atoms with E-state index >= 15 is 0 Å². The van der Waals surface area contributed by atoms with E-state index < -0.39 is 5.91 Å². The molecule has 0 saturated heterocycles. The minimum absolute atomic E-state index is 0.0217. The minimum Gasteiger partial charge on any atom is -0.507 e. The van der Waals surface area contributed by atoms with Gasteiger partial charge in [-0.2, -0.15) is 10.4 Å². The number of benzene rings is 1. The van der Waals surface area contributed by atoms with Gasteiger partial charge in [-0.05, 0) is 25.1 Å². The van der Waals surface area contributed by atoms with Crippen LogP contribution in [0.3, 0.4) is 0 Å². The number of aromatic nitrogens is 2. The number of nitriles is 1. The molecule has 1 aliphatic heterocycles. The Kier molecular flexibility index (Phi) is 3.92. The van der Waals surface area contributed by atoms with Crippen molar-refractivity contribution in [3.63, 3.8) is 0 Å². The molecule has 1 amide bonds. The molecule has 0 fully saturated rings. The molecule has 2 aromatic rings. The topological polar surface area (TPSA) is 115 Å². The number of nitrogens with one attached hydrogen (secondary N) is 2. The quantitative estimate of drug-likeness (QED) is 0.750. The number of phenols is 1. The maximum absolute atomic E-state index is 12.7. The van der Waals surface area contributed by atoms with E-state index in [1.165, 1.54) is 12.1 Å². The number of aryl methyl sites for hydroxylation is 2. The molecule has 0 radical (unpaired) electrons. The summed E-state index contributed by atoms with van der Waals surface area (Å²) < 4.78 is 1.58. The number of hydrogen-bond acceptors (Lipinski definition) is 6. The van der Waals surface area contributed by atoms with E-state index in [0.717, 1.165) is 5.69 Å². The van der Waals surface area contributed by atoms with Crippen LogP contribution in [0, 0.1) is 18.3 Å². The lowest BCUT2D eigenvalue weighted by molar-refractivity contribution is 0.0974. The number of carbonyl (C=O) groups excluding carboxylic acids is 1. The molecule has 1 aliphatic rings. The number of carbonyl (C=O) groups is 1. The summed E-state index contributed by atoms with van der Waals surface area (Å²) in [6.07, 6.45) is 0. The Balaban J connectivity index is 2.16. The van der Waals surface area contributed by atoms with E-state index in [0.29, 0.717) is 30.3 Å². The van der Waals surface area contributed by atoms with Crippen LogP contribution in [0.5, 0.6) is 5.75 Å². The highest BCUT2D eigenvalue weighted by molar-refractivity contribution is 6.11. The molecule has 0 bridgehead atoms. The van der Waals surface area contributed by atoms with Crippen LogP contribution < -0.4 is 10.6 Å². The first-order valence-corrected chi connectivity index (χ1v) is 7.38. The fourth-order valence-corrected chi connectivity index (χ4v) is 2.68. The van der Waals surface area contributed by atoms with Gasteiger partial charge in [0.05, 0.1) is 35.1 Å². The maximum atomic E-state index is 12.7. The van der Waals surface area contributed by atoms with Gasteiger partial charge in [0.15, 0.2) is 5.96 Å². The van der Waals surface area contributed by atoms with Gasteiger partial charge in [0.2, 0.25) is 0 Å². The fourth-order valence-electron chi connectivity index (χ4n) is 2.68. The minimum atomic E-state index is -0.536. The number of hydrogen-bond donors (Lipinski definition) is 3. The van der Waals surface area contributed by atoms with Gasteiger partial charge in [0, 0.05) is 19.2 Å². The van der Waals surface area contributed by atoms with Crippen molar-refractivity contribution < 1.29 is 9.90 Å². The molecule has 1 aromatic heterocycles. The molecule has 0 saturated carbocycles. The molecule has 2 heterocycles. The molecular weight excluding hydrogens is 308 g/mol. The summed E-state index contributed by atoms with van der Waals surface area (Å²) in [5.74, 6) is -0.389. The van der Waals surface area contributed by atoms with E-state index in [4.69, 9.17) is 0 Å². The molecule has 3 N–H and O–H groups in total. The summed E-state index contributed by atoms with van der Waals surface area (Å²) in [6, 6.07) is 6.65. The standard InChI is InChI=1S/C16H16N6O2/c1-9-7-11(22(2)21-9)13-10(8-17)3-4-12(23)14(13)15(24)20-16-18-5-6-19-16/h3-4,7,23H,5-6H2,1-2H3,(H2,18,19,20,24). The Hall–Kier alpha value is -3.34. The molecule has 122 valence electrons. The summed E-state index contributed by atoms with van der Waals surface area (Å²) in [7, 11) is 1.72. The third-order valence-electron chi connectivity index (χ3n) is 3.70. The first-order chi connectivity index (χ1) is 11.5. The lowest BCUT2D eigenvalue weighted by Crippen LogP contribution is -2.38. The number of aliphatic imine (C=N–C) groups is 1. The second-order valence-corrected chi connectivity index (χ2v) is 5.40. The molecule has 3 rings (SSSR count). The zero-order valence-corrected chi connectivity index (χ0v) is 13.3. The summed E-state index contributed by atoms with van der Waals surface area (Å²) >= 11 is 0. The average molecular weight is 324 g/mol. The Morgan fingerprint density at radius 3 is 2.88 bits per heavy atom. The number of aromatic hydroxyl groups is 1. The summed E-state index contributed by atoms with van der Waals surface area (Å²) in [5.41, 5.74) is 1.96. The molecular formula is C16H16N6O2. The van der Waals surface area contributed by atoms with Gasteiger partial charge >= 0.3 is 0 Å². The molecule has 8 nitrogen and oxygen atoms in total. The van der Waals surface area contributed by atoms with Gasteiger partial charge in [-0.25, -0.2) is 0 Å². The van der Waals surface area contributed by atoms with Crippen molar-refractivity contribution in [3.8, 4) is 23.1 Å². The third kappa shape index (κ3) is 2.67. The van der Waals surface area contributed by atoms with Crippen LogP contribution >= 0.6 is 0 Å². The number of amides is 1. The van der Waals surface area contributed by atoms with Crippen LogP contribution in [0.2, 0.25) is 0 Å². The maximum Gasteiger partial charge on any atom is 0.262 e. The van der Waals surface area contributed by atoms with Gasteiger partial charge in [-0.1, -0.05) is 0 Å². The second-order valence-electron chi connectivity index (χ2n) is 5.40. The average Bonchev–Trinajstić information content (AvgIpc) is 3.16. The molecule has 0 atom stereocenters. The second kappa shape index (κ2) is 6.04. The van der Waals surface area contributed by atoms with E-state index in [9.17, 15) is 15.2 Å². The van der Waals surface area contributed by atoms with E-state index in [1.807, 2.05) is 6.92 Å². The first-order valence-electron chi connectivity index (χ1n) is 7.38. The predicted octanol–water partition coefficient (Wildman–Crippen LogP) is 0.662. The Morgan fingerprint density at radius 2 is 2.29 bits per heavy atom. The highest BCUT2D eigenvalue weighted by Gasteiger charge is 2.24. The predicted molar refractivity (Wildman–Crippen MR) is 87.5 cm³/mol. The van der Waals surface area contributed by atoms with Gasteiger partial charge in [0.1, 0.15) is 5.75 Å². The highest BCUT2D eigenvalue weighted by Crippen LogP contribution is 2.33. The van der Waals surface area contributed by atoms with Crippen molar-refractivity contribution in [3.05, 3.63) is 35.0 Å². The van der Waals surface area contributed by atoms with Crippen molar-refractivity contribution in [1.82, 2.24) is 20.4 Å². The van der Waals surface area contributed by atoms with Crippen LogP contribution in [0.15, 0.2) is 23.2 Å². The van der Waals surface area contributed by atoms with Crippen molar-refractivity contribution in [2.45, 2.75) is 6.92 Å². The molecule has 0 spiro atoms. The number of guanidine groups is 1. The van der Waals surface area contributed by atoms with E-state index in [1.54, 1.807) is 17.8 Å².